The fourth-order valence-electron chi connectivity index (χ4n) is 1.96. The van der Waals surface area contributed by atoms with E-state index in [2.05, 4.69) is 26.2 Å². The molecule has 1 heterocycles. The number of nitrogens with two attached hydrogens (primary N) is 1. The summed E-state index contributed by atoms with van der Waals surface area (Å²) in [6, 6.07) is 1.94. The van der Waals surface area contributed by atoms with Crippen LogP contribution in [-0.4, -0.2) is 23.0 Å². The molecule has 1 aliphatic rings. The van der Waals surface area contributed by atoms with E-state index < -0.39 is 0 Å². The zero-order chi connectivity index (χ0) is 11.5. The van der Waals surface area contributed by atoms with Crippen LogP contribution in [0.4, 0.5) is 0 Å². The van der Waals surface area contributed by atoms with Gasteiger partial charge in [-0.15, -0.1) is 0 Å². The Morgan fingerprint density at radius 2 is 2.31 bits per heavy atom. The number of nitrogens with zero attached hydrogens (tertiary/aromatic N) is 1. The quantitative estimate of drug-likeness (QED) is 0.863. The summed E-state index contributed by atoms with van der Waals surface area (Å²) in [6.45, 7) is 0. The first-order valence-corrected chi connectivity index (χ1v) is 6.13. The summed E-state index contributed by atoms with van der Waals surface area (Å²) in [4.78, 5) is 15.8. The number of hydrogen-bond acceptors (Lipinski definition) is 3. The highest BCUT2D eigenvalue weighted by Crippen LogP contribution is 2.18. The van der Waals surface area contributed by atoms with Gasteiger partial charge in [-0.3, -0.25) is 9.78 Å². The fraction of sp³-hybridized carbons (Fsp3) is 0.455. The van der Waals surface area contributed by atoms with E-state index in [1.807, 2.05) is 0 Å². The maximum absolute atomic E-state index is 11.9. The van der Waals surface area contributed by atoms with Crippen LogP contribution in [0.15, 0.2) is 22.9 Å². The Morgan fingerprint density at radius 3 is 2.94 bits per heavy atom. The first-order chi connectivity index (χ1) is 7.66. The molecule has 1 aromatic rings. The molecule has 0 aromatic carbocycles. The van der Waals surface area contributed by atoms with E-state index in [1.54, 1.807) is 18.5 Å². The lowest BCUT2D eigenvalue weighted by atomic mass is 10.1. The maximum atomic E-state index is 11.9. The highest BCUT2D eigenvalue weighted by atomic mass is 79.9. The molecule has 1 fully saturated rings. The molecule has 0 aliphatic heterocycles. The number of aromatic nitrogens is 1. The van der Waals surface area contributed by atoms with Gasteiger partial charge in [-0.2, -0.15) is 0 Å². The average molecular weight is 284 g/mol. The largest absolute Gasteiger partial charge is 0.348 e. The molecule has 86 valence electrons. The minimum absolute atomic E-state index is 0.0871. The van der Waals surface area contributed by atoms with E-state index in [4.69, 9.17) is 5.73 Å². The second-order valence-electron chi connectivity index (χ2n) is 4.07. The molecular formula is C11H14BrN3O. The van der Waals surface area contributed by atoms with Crippen molar-refractivity contribution in [3.8, 4) is 0 Å². The van der Waals surface area contributed by atoms with E-state index in [0.717, 1.165) is 23.7 Å². The summed E-state index contributed by atoms with van der Waals surface area (Å²) in [6.07, 6.45) is 6.25. The number of halogens is 1. The lowest BCUT2D eigenvalue weighted by molar-refractivity contribution is 0.0934. The molecule has 0 radical (unpaired) electrons. The van der Waals surface area contributed by atoms with E-state index in [9.17, 15) is 4.79 Å². The summed E-state index contributed by atoms with van der Waals surface area (Å²) in [5.74, 6) is -0.101. The molecular weight excluding hydrogens is 270 g/mol. The summed E-state index contributed by atoms with van der Waals surface area (Å²) in [5.41, 5.74) is 6.46. The molecule has 5 heteroatoms. The molecule has 1 aliphatic carbocycles. The third-order valence-corrected chi connectivity index (χ3v) is 3.29. The molecule has 1 aromatic heterocycles. The number of carbonyl (C=O) groups is 1. The molecule has 2 rings (SSSR count). The molecule has 4 nitrogen and oxygen atoms in total. The zero-order valence-electron chi connectivity index (χ0n) is 8.82. The van der Waals surface area contributed by atoms with Gasteiger partial charge in [-0.1, -0.05) is 0 Å². The van der Waals surface area contributed by atoms with Gasteiger partial charge in [-0.25, -0.2) is 0 Å². The predicted octanol–water partition coefficient (Wildman–Crippen LogP) is 1.45. The minimum atomic E-state index is -0.101. The van der Waals surface area contributed by atoms with Crippen LogP contribution in [0.5, 0.6) is 0 Å². The highest BCUT2D eigenvalue weighted by molar-refractivity contribution is 9.10. The molecule has 0 saturated heterocycles. The van der Waals surface area contributed by atoms with Gasteiger partial charge in [0.1, 0.15) is 0 Å². The molecule has 16 heavy (non-hydrogen) atoms. The molecule has 2 unspecified atom stereocenters. The Bertz CT molecular complexity index is 397. The first kappa shape index (κ1) is 11.5. The molecule has 1 saturated carbocycles. The topological polar surface area (TPSA) is 68.0 Å². The van der Waals surface area contributed by atoms with E-state index in [0.29, 0.717) is 5.56 Å². The van der Waals surface area contributed by atoms with Crippen molar-refractivity contribution in [1.29, 1.82) is 0 Å². The van der Waals surface area contributed by atoms with Crippen molar-refractivity contribution in [2.24, 2.45) is 5.73 Å². The maximum Gasteiger partial charge on any atom is 0.253 e. The van der Waals surface area contributed by atoms with Crippen molar-refractivity contribution in [3.63, 3.8) is 0 Å². The van der Waals surface area contributed by atoms with Crippen molar-refractivity contribution in [1.82, 2.24) is 10.3 Å². The lowest BCUT2D eigenvalue weighted by Gasteiger charge is -2.17. The normalized spacial score (nSPS) is 24.4. The predicted molar refractivity (Wildman–Crippen MR) is 65.0 cm³/mol. The Labute approximate surface area is 103 Å². The van der Waals surface area contributed by atoms with Gasteiger partial charge >= 0.3 is 0 Å². The monoisotopic (exact) mass is 283 g/mol. The van der Waals surface area contributed by atoms with Crippen molar-refractivity contribution < 1.29 is 4.79 Å². The molecule has 0 bridgehead atoms. The number of hydrogen-bond donors (Lipinski definition) is 2. The Morgan fingerprint density at radius 1 is 1.50 bits per heavy atom. The van der Waals surface area contributed by atoms with Gasteiger partial charge < -0.3 is 11.1 Å². The SMILES string of the molecule is NC1CCCC1NC(=O)c1cncc(Br)c1. The van der Waals surface area contributed by atoms with Gasteiger partial charge in [-0.05, 0) is 41.3 Å². The lowest BCUT2D eigenvalue weighted by Crippen LogP contribution is -2.43. The number of nitrogens with one attached hydrogen (secondary N) is 1. The van der Waals surface area contributed by atoms with Crippen molar-refractivity contribution in [3.05, 3.63) is 28.5 Å². The van der Waals surface area contributed by atoms with Gasteiger partial charge in [0.25, 0.3) is 5.91 Å². The minimum Gasteiger partial charge on any atom is -0.348 e. The number of rotatable bonds is 2. The van der Waals surface area contributed by atoms with Gasteiger partial charge in [0.2, 0.25) is 0 Å². The van der Waals surface area contributed by atoms with Gasteiger partial charge in [0, 0.05) is 29.0 Å². The van der Waals surface area contributed by atoms with Crippen LogP contribution >= 0.6 is 15.9 Å². The van der Waals surface area contributed by atoms with E-state index >= 15 is 0 Å². The van der Waals surface area contributed by atoms with Crippen LogP contribution in [0, 0.1) is 0 Å². The van der Waals surface area contributed by atoms with Gasteiger partial charge in [0.15, 0.2) is 0 Å². The molecule has 1 amide bonds. The molecule has 3 N–H and O–H groups in total. The Balaban J connectivity index is 2.03. The van der Waals surface area contributed by atoms with Crippen LogP contribution < -0.4 is 11.1 Å². The fourth-order valence-corrected chi connectivity index (χ4v) is 2.32. The van der Waals surface area contributed by atoms with Crippen LogP contribution in [0.1, 0.15) is 29.6 Å². The summed E-state index contributed by atoms with van der Waals surface area (Å²) >= 11 is 3.29. The number of amides is 1. The molecule has 2 atom stereocenters. The van der Waals surface area contributed by atoms with Crippen molar-refractivity contribution in [2.75, 3.05) is 0 Å². The standard InChI is InChI=1S/C11H14BrN3O/c12-8-4-7(5-14-6-8)11(16)15-10-3-1-2-9(10)13/h4-6,9-10H,1-3,13H2,(H,15,16). The van der Waals surface area contributed by atoms with E-state index in [-0.39, 0.29) is 18.0 Å². The first-order valence-electron chi connectivity index (χ1n) is 5.34. The second kappa shape index (κ2) is 4.93. The van der Waals surface area contributed by atoms with Crippen molar-refractivity contribution >= 4 is 21.8 Å². The Hall–Kier alpha value is -0.940. The van der Waals surface area contributed by atoms with Crippen LogP contribution in [-0.2, 0) is 0 Å². The smallest absolute Gasteiger partial charge is 0.253 e. The van der Waals surface area contributed by atoms with Crippen molar-refractivity contribution in [2.45, 2.75) is 31.3 Å². The highest BCUT2D eigenvalue weighted by Gasteiger charge is 2.25. The Kier molecular flexibility index (Phi) is 3.56. The number of pyridine rings is 1. The van der Waals surface area contributed by atoms with Gasteiger partial charge in [0.05, 0.1) is 5.56 Å². The van der Waals surface area contributed by atoms with E-state index in [1.165, 1.54) is 0 Å². The second-order valence-corrected chi connectivity index (χ2v) is 4.98. The van der Waals surface area contributed by atoms with Crippen LogP contribution in [0.2, 0.25) is 0 Å². The van der Waals surface area contributed by atoms with Crippen LogP contribution in [0.3, 0.4) is 0 Å². The summed E-state index contributed by atoms with van der Waals surface area (Å²) < 4.78 is 0.802. The van der Waals surface area contributed by atoms with Crippen LogP contribution in [0.25, 0.3) is 0 Å². The third-order valence-electron chi connectivity index (χ3n) is 2.85. The number of carbonyl (C=O) groups excluding carboxylic acids is 1. The zero-order valence-corrected chi connectivity index (χ0v) is 10.4. The summed E-state index contributed by atoms with van der Waals surface area (Å²) in [5, 5.41) is 2.95. The average Bonchev–Trinajstić information content (AvgIpc) is 2.64. The summed E-state index contributed by atoms with van der Waals surface area (Å²) in [7, 11) is 0. The third kappa shape index (κ3) is 2.59. The molecule has 0 spiro atoms.